The lowest BCUT2D eigenvalue weighted by Crippen LogP contribution is -2.47. The van der Waals surface area contributed by atoms with Crippen molar-refractivity contribution in [3.63, 3.8) is 0 Å². The molecule has 102 valence electrons. The van der Waals surface area contributed by atoms with Gasteiger partial charge in [-0.25, -0.2) is 9.59 Å². The zero-order valence-electron chi connectivity index (χ0n) is 10.4. The van der Waals surface area contributed by atoms with E-state index < -0.39 is 23.9 Å². The molecule has 2 atom stereocenters. The summed E-state index contributed by atoms with van der Waals surface area (Å²) < 4.78 is 0. The van der Waals surface area contributed by atoms with Gasteiger partial charge in [0.05, 0.1) is 5.92 Å². The molecule has 3 amide bonds. The summed E-state index contributed by atoms with van der Waals surface area (Å²) in [7, 11) is 0. The first-order chi connectivity index (χ1) is 8.45. The third kappa shape index (κ3) is 3.61. The predicted molar refractivity (Wildman–Crippen MR) is 63.7 cm³/mol. The van der Waals surface area contributed by atoms with Gasteiger partial charge in [-0.2, -0.15) is 0 Å². The number of hydrogen-bond donors (Lipinski definition) is 3. The first kappa shape index (κ1) is 14.3. The Hall–Kier alpha value is -1.79. The van der Waals surface area contributed by atoms with Crippen LogP contribution in [0.1, 0.15) is 26.2 Å². The Labute approximate surface area is 105 Å². The molecule has 4 N–H and O–H groups in total. The van der Waals surface area contributed by atoms with Crippen LogP contribution in [0.25, 0.3) is 0 Å². The van der Waals surface area contributed by atoms with Crippen molar-refractivity contribution in [3.05, 3.63) is 0 Å². The van der Waals surface area contributed by atoms with Crippen molar-refractivity contribution in [2.75, 3.05) is 13.1 Å². The van der Waals surface area contributed by atoms with Crippen LogP contribution in [0.4, 0.5) is 4.79 Å². The minimum Gasteiger partial charge on any atom is -0.480 e. The van der Waals surface area contributed by atoms with Crippen molar-refractivity contribution in [3.8, 4) is 0 Å². The fraction of sp³-hybridized carbons (Fsp3) is 0.727. The third-order valence-electron chi connectivity index (χ3n) is 3.05. The average Bonchev–Trinajstić information content (AvgIpc) is 2.77. The summed E-state index contributed by atoms with van der Waals surface area (Å²) in [6.45, 7) is 2.54. The Morgan fingerprint density at radius 3 is 2.61 bits per heavy atom. The molecule has 1 heterocycles. The number of hydrogen-bond acceptors (Lipinski definition) is 3. The number of primary amides is 1. The molecule has 0 aromatic heterocycles. The van der Waals surface area contributed by atoms with Crippen molar-refractivity contribution in [1.29, 1.82) is 0 Å². The van der Waals surface area contributed by atoms with Gasteiger partial charge in [0.15, 0.2) is 0 Å². The zero-order chi connectivity index (χ0) is 13.7. The van der Waals surface area contributed by atoms with E-state index in [1.807, 2.05) is 6.92 Å². The Bertz CT molecular complexity index is 345. The number of nitrogens with zero attached hydrogens (tertiary/aromatic N) is 1. The number of rotatable bonds is 5. The molecule has 1 unspecified atom stereocenters. The quantitative estimate of drug-likeness (QED) is 0.630. The topological polar surface area (TPSA) is 113 Å². The summed E-state index contributed by atoms with van der Waals surface area (Å²) in [5.74, 6) is -1.80. The molecule has 1 rings (SSSR count). The lowest BCUT2D eigenvalue weighted by Gasteiger charge is -2.20. The van der Waals surface area contributed by atoms with E-state index in [1.54, 1.807) is 0 Å². The number of carbonyl (C=O) groups excluding carboxylic acids is 2. The van der Waals surface area contributed by atoms with Gasteiger partial charge in [-0.1, -0.05) is 13.3 Å². The van der Waals surface area contributed by atoms with Crippen molar-refractivity contribution < 1.29 is 19.5 Å². The fourth-order valence-electron chi connectivity index (χ4n) is 1.96. The van der Waals surface area contributed by atoms with Crippen molar-refractivity contribution in [1.82, 2.24) is 10.2 Å². The highest BCUT2D eigenvalue weighted by atomic mass is 16.4. The highest BCUT2D eigenvalue weighted by Crippen LogP contribution is 2.15. The summed E-state index contributed by atoms with van der Waals surface area (Å²) in [5, 5.41) is 11.4. The summed E-state index contributed by atoms with van der Waals surface area (Å²) in [4.78, 5) is 35.1. The Kier molecular flexibility index (Phi) is 4.94. The molecule has 0 saturated carbocycles. The predicted octanol–water partition coefficient (Wildman–Crippen LogP) is -0.243. The van der Waals surface area contributed by atoms with Crippen molar-refractivity contribution in [2.24, 2.45) is 11.7 Å². The number of nitrogens with two attached hydrogens (primary N) is 1. The van der Waals surface area contributed by atoms with Crippen LogP contribution in [0.2, 0.25) is 0 Å². The number of likely N-dealkylation sites (tertiary alicyclic amines) is 1. The lowest BCUT2D eigenvalue weighted by molar-refractivity contribution is -0.139. The molecule has 1 fully saturated rings. The highest BCUT2D eigenvalue weighted by molar-refractivity contribution is 5.84. The van der Waals surface area contributed by atoms with Crippen LogP contribution in [0.15, 0.2) is 0 Å². The summed E-state index contributed by atoms with van der Waals surface area (Å²) >= 11 is 0. The number of carboxylic acids is 1. The standard InChI is InChI=1S/C11H19N3O4/c1-2-3-8(10(16)17)13-11(18)14-5-4-7(6-14)9(12)15/h7-8H,2-6H2,1H3,(H2,12,15)(H,13,18)(H,16,17)/t7?,8-/m1/s1. The second-order valence-corrected chi connectivity index (χ2v) is 4.46. The maximum atomic E-state index is 11.8. The monoisotopic (exact) mass is 257 g/mol. The second kappa shape index (κ2) is 6.23. The molecule has 7 heteroatoms. The number of amides is 3. The van der Waals surface area contributed by atoms with Crippen LogP contribution >= 0.6 is 0 Å². The summed E-state index contributed by atoms with van der Waals surface area (Å²) in [6.07, 6.45) is 1.59. The number of carbonyl (C=O) groups is 3. The molecule has 0 spiro atoms. The van der Waals surface area contributed by atoms with Crippen molar-refractivity contribution in [2.45, 2.75) is 32.2 Å². The minimum atomic E-state index is -1.05. The molecule has 18 heavy (non-hydrogen) atoms. The smallest absolute Gasteiger partial charge is 0.326 e. The average molecular weight is 257 g/mol. The van der Waals surface area contributed by atoms with E-state index >= 15 is 0 Å². The SMILES string of the molecule is CCC[C@@H](NC(=O)N1CCC(C(N)=O)C1)C(=O)O. The normalized spacial score (nSPS) is 20.5. The van der Waals surface area contributed by atoms with E-state index in [9.17, 15) is 14.4 Å². The van der Waals surface area contributed by atoms with Gasteiger partial charge in [0.25, 0.3) is 0 Å². The number of nitrogens with one attached hydrogen (secondary N) is 1. The molecule has 1 saturated heterocycles. The summed E-state index contributed by atoms with van der Waals surface area (Å²) in [5.41, 5.74) is 5.17. The zero-order valence-corrected chi connectivity index (χ0v) is 10.4. The molecular weight excluding hydrogens is 238 g/mol. The minimum absolute atomic E-state index is 0.264. The lowest BCUT2D eigenvalue weighted by atomic mass is 10.1. The molecule has 0 bridgehead atoms. The van der Waals surface area contributed by atoms with E-state index in [1.165, 1.54) is 4.90 Å². The molecule has 1 aliphatic heterocycles. The van der Waals surface area contributed by atoms with E-state index in [0.717, 1.165) is 0 Å². The van der Waals surface area contributed by atoms with E-state index in [0.29, 0.717) is 25.8 Å². The van der Waals surface area contributed by atoms with Gasteiger partial charge in [-0.15, -0.1) is 0 Å². The number of aliphatic carboxylic acids is 1. The van der Waals surface area contributed by atoms with Crippen LogP contribution in [0.3, 0.4) is 0 Å². The molecule has 1 aliphatic rings. The van der Waals surface area contributed by atoms with Gasteiger partial charge in [-0.05, 0) is 12.8 Å². The van der Waals surface area contributed by atoms with Gasteiger partial charge in [-0.3, -0.25) is 4.79 Å². The first-order valence-electron chi connectivity index (χ1n) is 6.03. The largest absolute Gasteiger partial charge is 0.480 e. The molecular formula is C11H19N3O4. The molecule has 0 aliphatic carbocycles. The third-order valence-corrected chi connectivity index (χ3v) is 3.05. The van der Waals surface area contributed by atoms with Gasteiger partial charge < -0.3 is 21.1 Å². The second-order valence-electron chi connectivity index (χ2n) is 4.46. The van der Waals surface area contributed by atoms with E-state index in [2.05, 4.69) is 5.32 Å². The Balaban J connectivity index is 2.50. The Morgan fingerprint density at radius 2 is 2.17 bits per heavy atom. The van der Waals surface area contributed by atoms with Gasteiger partial charge in [0.2, 0.25) is 5.91 Å². The first-order valence-corrected chi connectivity index (χ1v) is 6.03. The van der Waals surface area contributed by atoms with Gasteiger partial charge >= 0.3 is 12.0 Å². The Morgan fingerprint density at radius 1 is 1.50 bits per heavy atom. The fourth-order valence-corrected chi connectivity index (χ4v) is 1.96. The maximum Gasteiger partial charge on any atom is 0.326 e. The van der Waals surface area contributed by atoms with Crippen LogP contribution < -0.4 is 11.1 Å². The van der Waals surface area contributed by atoms with E-state index in [-0.39, 0.29) is 12.5 Å². The molecule has 0 aromatic rings. The molecule has 7 nitrogen and oxygen atoms in total. The van der Waals surface area contributed by atoms with Crippen molar-refractivity contribution >= 4 is 17.9 Å². The van der Waals surface area contributed by atoms with Crippen LogP contribution in [0.5, 0.6) is 0 Å². The molecule has 0 aromatic carbocycles. The van der Waals surface area contributed by atoms with E-state index in [4.69, 9.17) is 10.8 Å². The highest BCUT2D eigenvalue weighted by Gasteiger charge is 2.31. The van der Waals surface area contributed by atoms with Gasteiger partial charge in [0.1, 0.15) is 6.04 Å². The van der Waals surface area contributed by atoms with Crippen LogP contribution in [0, 0.1) is 5.92 Å². The maximum absolute atomic E-state index is 11.8. The molecule has 0 radical (unpaired) electrons. The number of urea groups is 1. The van der Waals surface area contributed by atoms with Crippen LogP contribution in [-0.4, -0.2) is 47.0 Å². The number of carboxylic acid groups (broad SMARTS) is 1. The van der Waals surface area contributed by atoms with Gasteiger partial charge in [0, 0.05) is 13.1 Å². The van der Waals surface area contributed by atoms with Crippen LogP contribution in [-0.2, 0) is 9.59 Å². The summed E-state index contributed by atoms with van der Waals surface area (Å²) in [6, 6.07) is -1.32.